The third-order valence-electron chi connectivity index (χ3n) is 8.51. The maximum atomic E-state index is 4.03. The molecule has 0 N–H and O–H groups in total. The van der Waals surface area contributed by atoms with Crippen LogP contribution in [0, 0.1) is 0 Å². The summed E-state index contributed by atoms with van der Waals surface area (Å²) in [5, 5.41) is 23.8. The van der Waals surface area contributed by atoms with E-state index >= 15 is 0 Å². The Labute approximate surface area is 500 Å². The molecular formula is C64H131N17. The second kappa shape index (κ2) is 71.6. The summed E-state index contributed by atoms with van der Waals surface area (Å²) < 4.78 is 13.8. The van der Waals surface area contributed by atoms with Crippen LogP contribution < -0.4 is 0 Å². The smallest absolute Gasteiger partial charge is 0.137 e. The summed E-state index contributed by atoms with van der Waals surface area (Å²) in [6, 6.07) is 16.0. The fraction of sp³-hybridized carbons (Fsp3) is 0.641. The summed E-state index contributed by atoms with van der Waals surface area (Å²) in [5.74, 6) is 0. The summed E-state index contributed by atoms with van der Waals surface area (Å²) in [7, 11) is 0. The van der Waals surface area contributed by atoms with E-state index in [0.29, 0.717) is 48.3 Å². The molecule has 8 aromatic rings. The first-order chi connectivity index (χ1) is 38.4. The van der Waals surface area contributed by atoms with E-state index in [4.69, 9.17) is 0 Å². The number of hydrogen-bond donors (Lipinski definition) is 0. The van der Waals surface area contributed by atoms with Crippen molar-refractivity contribution in [2.45, 2.75) is 277 Å². The highest BCUT2D eigenvalue weighted by molar-refractivity contribution is 4.92. The molecule has 0 bridgehead atoms. The van der Waals surface area contributed by atoms with Gasteiger partial charge in [0.15, 0.2) is 0 Å². The molecule has 0 unspecified atom stereocenters. The first-order valence-corrected chi connectivity index (χ1v) is 30.2. The predicted molar refractivity (Wildman–Crippen MR) is 356 cm³/mol. The largest absolute Gasteiger partial charge is 0.352 e. The molecule has 0 fully saturated rings. The van der Waals surface area contributed by atoms with Crippen LogP contribution in [0.25, 0.3) is 0 Å². The lowest BCUT2D eigenvalue weighted by Gasteiger charge is -2.03. The van der Waals surface area contributed by atoms with Crippen LogP contribution in [0.1, 0.15) is 277 Å². The highest BCUT2D eigenvalue weighted by Gasteiger charge is 1.96. The molecule has 8 heterocycles. The highest BCUT2D eigenvalue weighted by Crippen LogP contribution is 2.04. The molecule has 0 saturated heterocycles. The van der Waals surface area contributed by atoms with E-state index in [1.165, 1.54) is 0 Å². The van der Waals surface area contributed by atoms with Crippen LogP contribution in [0.2, 0.25) is 0 Å². The average Bonchev–Trinajstić information content (AvgIpc) is 4.34. The Kier molecular flexibility index (Phi) is 83.0. The standard InChI is InChI=1S/2C7H11N.3C6H10N2.3C5H9N3.8C2H6.CH4/c2*1-7(2)8-5-3-4-6-8;1-6(2)8-4-3-7-5-8;2*1-6(2)8-5-3-4-7-8;2*1-5(2)8-4-6-3-7-8;1-5(2)8-6-3-4-7-8;8*1-2;/h2*3-7H,1-2H3;3*3-6H,1-2H3;3*3-5H,1-2H3;8*1-2H3;1H4. The van der Waals surface area contributed by atoms with Gasteiger partial charge in [-0.3, -0.25) is 18.7 Å². The second-order valence-corrected chi connectivity index (χ2v) is 16.6. The van der Waals surface area contributed by atoms with Crippen molar-refractivity contribution in [2.24, 2.45) is 0 Å². The van der Waals surface area contributed by atoms with Gasteiger partial charge in [0.25, 0.3) is 0 Å². The molecule has 0 amide bonds. The van der Waals surface area contributed by atoms with Gasteiger partial charge in [0, 0.05) is 104 Å². The number of nitrogens with zero attached hydrogens (tertiary/aromatic N) is 17. The number of hydrogen-bond acceptors (Lipinski definition) is 9. The molecule has 472 valence electrons. The van der Waals surface area contributed by atoms with Gasteiger partial charge < -0.3 is 13.7 Å². The molecule has 0 saturated carbocycles. The number of rotatable bonds is 8. The zero-order chi connectivity index (χ0) is 63.9. The third-order valence-corrected chi connectivity index (χ3v) is 8.51. The molecule has 0 aliphatic carbocycles. The summed E-state index contributed by atoms with van der Waals surface area (Å²) >= 11 is 0. The summed E-state index contributed by atoms with van der Waals surface area (Å²) in [5.41, 5.74) is 0. The van der Waals surface area contributed by atoms with Crippen LogP contribution in [-0.2, 0) is 0 Å². The normalized spacial score (nSPS) is 8.79. The van der Waals surface area contributed by atoms with Crippen molar-refractivity contribution in [1.29, 1.82) is 0 Å². The fourth-order valence-corrected chi connectivity index (χ4v) is 4.59. The molecule has 0 aliphatic heterocycles. The highest BCUT2D eigenvalue weighted by atomic mass is 15.5. The Bertz CT molecular complexity index is 1600. The van der Waals surface area contributed by atoms with Gasteiger partial charge in [-0.25, -0.2) is 15.0 Å². The van der Waals surface area contributed by atoms with Gasteiger partial charge in [-0.05, 0) is 147 Å². The minimum atomic E-state index is 0. The van der Waals surface area contributed by atoms with Crippen molar-refractivity contribution in [2.75, 3.05) is 0 Å². The van der Waals surface area contributed by atoms with Gasteiger partial charge in [-0.1, -0.05) is 118 Å². The lowest BCUT2D eigenvalue weighted by atomic mass is 10.4. The molecular weight excluding hydrogens is 1010 g/mol. The average molecular weight is 1140 g/mol. The third kappa shape index (κ3) is 56.7. The maximum absolute atomic E-state index is 4.03. The SMILES string of the molecule is C.CC.CC.CC.CC.CC.CC.CC.CC.CC(C)n1cccc1.CC(C)n1cccc1.CC(C)n1cccn1.CC(C)n1cccn1.CC(C)n1ccnc1.CC(C)n1cncn1.CC(C)n1cncn1.CC(C)n1nccn1. The van der Waals surface area contributed by atoms with Crippen molar-refractivity contribution in [1.82, 2.24) is 82.8 Å². The van der Waals surface area contributed by atoms with Gasteiger partial charge in [-0.15, -0.1) is 0 Å². The lowest BCUT2D eigenvalue weighted by molar-refractivity contribution is 0.466. The molecule has 0 aliphatic rings. The van der Waals surface area contributed by atoms with E-state index in [-0.39, 0.29) is 7.43 Å². The van der Waals surface area contributed by atoms with E-state index in [2.05, 4.69) is 181 Å². The van der Waals surface area contributed by atoms with Crippen molar-refractivity contribution < 1.29 is 0 Å². The summed E-state index contributed by atoms with van der Waals surface area (Å²) in [4.78, 5) is 13.2. The number of aromatic nitrogens is 17. The molecule has 8 aromatic heterocycles. The minimum Gasteiger partial charge on any atom is -0.352 e. The van der Waals surface area contributed by atoms with Crippen LogP contribution in [0.3, 0.4) is 0 Å². The molecule has 0 atom stereocenters. The van der Waals surface area contributed by atoms with E-state index < -0.39 is 0 Å². The fourth-order valence-electron chi connectivity index (χ4n) is 4.59. The zero-order valence-corrected chi connectivity index (χ0v) is 57.5. The molecule has 0 spiro atoms. The van der Waals surface area contributed by atoms with Crippen molar-refractivity contribution in [3.05, 3.63) is 142 Å². The monoisotopic (exact) mass is 1140 g/mol. The summed E-state index contributed by atoms with van der Waals surface area (Å²) in [6.07, 6.45) is 31.3. The first-order valence-electron chi connectivity index (χ1n) is 30.2. The maximum Gasteiger partial charge on any atom is 0.137 e. The van der Waals surface area contributed by atoms with Gasteiger partial charge in [-0.2, -0.15) is 35.4 Å². The summed E-state index contributed by atoms with van der Waals surface area (Å²) in [6.45, 7) is 65.7. The number of imidazole rings is 1. The van der Waals surface area contributed by atoms with Crippen LogP contribution in [0.15, 0.2) is 142 Å². The van der Waals surface area contributed by atoms with E-state index in [9.17, 15) is 0 Å². The van der Waals surface area contributed by atoms with E-state index in [1.807, 2.05) is 195 Å². The van der Waals surface area contributed by atoms with Crippen LogP contribution in [-0.4, -0.2) is 82.8 Å². The Balaban J connectivity index is -0.000000101. The minimum absolute atomic E-state index is 0. The van der Waals surface area contributed by atoms with Crippen LogP contribution >= 0.6 is 0 Å². The molecule has 0 aromatic carbocycles. The van der Waals surface area contributed by atoms with E-state index in [1.54, 1.807) is 70.5 Å². The van der Waals surface area contributed by atoms with Gasteiger partial charge >= 0.3 is 0 Å². The molecule has 17 nitrogen and oxygen atoms in total. The van der Waals surface area contributed by atoms with E-state index in [0.717, 1.165) is 0 Å². The first kappa shape index (κ1) is 93.9. The van der Waals surface area contributed by atoms with Crippen molar-refractivity contribution >= 4 is 0 Å². The molecule has 17 heteroatoms. The van der Waals surface area contributed by atoms with Crippen LogP contribution in [0.4, 0.5) is 0 Å². The second-order valence-electron chi connectivity index (χ2n) is 16.6. The van der Waals surface area contributed by atoms with Gasteiger partial charge in [0.2, 0.25) is 0 Å². The van der Waals surface area contributed by atoms with Gasteiger partial charge in [0.1, 0.15) is 25.3 Å². The predicted octanol–water partition coefficient (Wildman–Crippen LogP) is 20.0. The quantitative estimate of drug-likeness (QED) is 0.145. The van der Waals surface area contributed by atoms with Crippen LogP contribution in [0.5, 0.6) is 0 Å². The van der Waals surface area contributed by atoms with Crippen molar-refractivity contribution in [3.63, 3.8) is 0 Å². The molecule has 81 heavy (non-hydrogen) atoms. The van der Waals surface area contributed by atoms with Gasteiger partial charge in [0.05, 0.1) is 24.8 Å². The lowest BCUT2D eigenvalue weighted by Crippen LogP contribution is -2.03. The Morgan fingerprint density at radius 2 is 0.531 bits per heavy atom. The Morgan fingerprint density at radius 1 is 0.235 bits per heavy atom. The Morgan fingerprint density at radius 3 is 0.654 bits per heavy atom. The molecule has 0 radical (unpaired) electrons. The molecule has 8 rings (SSSR count). The topological polar surface area (TPSA) is 155 Å². The zero-order valence-electron chi connectivity index (χ0n) is 57.5. The Hall–Kier alpha value is -6.39. The van der Waals surface area contributed by atoms with Crippen molar-refractivity contribution in [3.8, 4) is 0 Å².